The van der Waals surface area contributed by atoms with Gasteiger partial charge in [0.2, 0.25) is 11.8 Å². The number of aromatic nitrogens is 2. The summed E-state index contributed by atoms with van der Waals surface area (Å²) in [7, 11) is 0. The first-order valence-corrected chi connectivity index (χ1v) is 11.2. The summed E-state index contributed by atoms with van der Waals surface area (Å²) in [5.41, 5.74) is 0.751. The summed E-state index contributed by atoms with van der Waals surface area (Å²) >= 11 is 0. The topological polar surface area (TPSA) is 112 Å². The van der Waals surface area contributed by atoms with Gasteiger partial charge in [-0.05, 0) is 49.8 Å². The van der Waals surface area contributed by atoms with Gasteiger partial charge in [0.1, 0.15) is 5.41 Å². The number of nitrogens with zero attached hydrogens (tertiary/aromatic N) is 4. The highest BCUT2D eigenvalue weighted by molar-refractivity contribution is 5.99. The van der Waals surface area contributed by atoms with E-state index in [4.69, 9.17) is 4.42 Å². The van der Waals surface area contributed by atoms with E-state index in [2.05, 4.69) is 21.6 Å². The minimum absolute atomic E-state index is 0.0653. The van der Waals surface area contributed by atoms with Crippen LogP contribution in [0.4, 0.5) is 8.78 Å². The molecule has 1 aromatic carbocycles. The van der Waals surface area contributed by atoms with Gasteiger partial charge >= 0.3 is 6.43 Å². The van der Waals surface area contributed by atoms with Crippen LogP contribution < -0.4 is 5.32 Å². The van der Waals surface area contributed by atoms with Gasteiger partial charge in [-0.2, -0.15) is 14.0 Å². The van der Waals surface area contributed by atoms with Crippen molar-refractivity contribution in [2.24, 2.45) is 5.41 Å². The average Bonchev–Trinajstić information content (AvgIpc) is 3.39. The zero-order chi connectivity index (χ0) is 23.2. The zero-order valence-electron chi connectivity index (χ0n) is 17.9. The number of rotatable bonds is 5. The number of nitriles is 1. The molecule has 1 N–H and O–H groups in total. The molecule has 0 bridgehead atoms. The smallest absolute Gasteiger partial charge is 0.314 e. The minimum atomic E-state index is -2.86. The van der Waals surface area contributed by atoms with E-state index in [9.17, 15) is 23.6 Å². The highest BCUT2D eigenvalue weighted by atomic mass is 19.3. The Bertz CT molecular complexity index is 1140. The third-order valence-corrected chi connectivity index (χ3v) is 7.12. The molecule has 2 heterocycles. The number of nitrogens with one attached hydrogen (secondary N) is 1. The Morgan fingerprint density at radius 1 is 1.24 bits per heavy atom. The van der Waals surface area contributed by atoms with Crippen molar-refractivity contribution in [2.75, 3.05) is 0 Å². The molecule has 1 aromatic heterocycles. The Morgan fingerprint density at radius 2 is 2.03 bits per heavy atom. The first-order valence-electron chi connectivity index (χ1n) is 11.2. The number of fused-ring (bicyclic) bond motifs is 1. The Morgan fingerprint density at radius 3 is 2.70 bits per heavy atom. The molecule has 3 aliphatic rings. The second-order valence-electron chi connectivity index (χ2n) is 9.03. The number of carbonyl (C=O) groups is 2. The van der Waals surface area contributed by atoms with Crippen LogP contribution >= 0.6 is 0 Å². The molecule has 0 saturated heterocycles. The Kier molecular flexibility index (Phi) is 5.35. The lowest BCUT2D eigenvalue weighted by atomic mass is 9.69. The fourth-order valence-corrected chi connectivity index (χ4v) is 5.04. The Labute approximate surface area is 189 Å². The number of hydrogen-bond donors (Lipinski definition) is 1. The van der Waals surface area contributed by atoms with Crippen LogP contribution in [-0.4, -0.2) is 39.0 Å². The molecule has 10 heteroatoms. The van der Waals surface area contributed by atoms with Crippen LogP contribution in [-0.2, 0) is 11.3 Å². The van der Waals surface area contributed by atoms with Crippen molar-refractivity contribution in [1.29, 1.82) is 5.26 Å². The lowest BCUT2D eigenvalue weighted by Gasteiger charge is -2.41. The number of halogens is 2. The van der Waals surface area contributed by atoms with E-state index in [-0.39, 0.29) is 29.8 Å². The molecule has 2 atom stereocenters. The molecule has 1 aliphatic heterocycles. The maximum atomic E-state index is 13.3. The van der Waals surface area contributed by atoms with E-state index in [1.807, 2.05) is 0 Å². The van der Waals surface area contributed by atoms with Crippen LogP contribution in [0.2, 0.25) is 0 Å². The van der Waals surface area contributed by atoms with Crippen LogP contribution in [0.5, 0.6) is 0 Å². The van der Waals surface area contributed by atoms with E-state index >= 15 is 0 Å². The third-order valence-electron chi connectivity index (χ3n) is 7.12. The van der Waals surface area contributed by atoms with Crippen LogP contribution in [0.15, 0.2) is 22.6 Å². The largest absolute Gasteiger partial charge is 0.415 e. The van der Waals surface area contributed by atoms with Crippen molar-refractivity contribution in [3.05, 3.63) is 35.2 Å². The van der Waals surface area contributed by atoms with Gasteiger partial charge in [-0.1, -0.05) is 18.9 Å². The van der Waals surface area contributed by atoms with Crippen molar-refractivity contribution in [3.8, 4) is 17.5 Å². The van der Waals surface area contributed by atoms with E-state index in [0.717, 1.165) is 37.7 Å². The van der Waals surface area contributed by atoms with Gasteiger partial charge in [0.15, 0.2) is 0 Å². The number of alkyl halides is 2. The predicted octanol–water partition coefficient (Wildman–Crippen LogP) is 3.75. The van der Waals surface area contributed by atoms with E-state index in [0.29, 0.717) is 30.5 Å². The fourth-order valence-electron chi connectivity index (χ4n) is 5.04. The number of hydrogen-bond acceptors (Lipinski definition) is 6. The lowest BCUT2D eigenvalue weighted by Crippen LogP contribution is -2.57. The van der Waals surface area contributed by atoms with Crippen molar-refractivity contribution in [2.45, 2.75) is 70.0 Å². The summed E-state index contributed by atoms with van der Waals surface area (Å²) < 4.78 is 30.6. The highest BCUT2D eigenvalue weighted by Gasteiger charge is 2.47. The quantitative estimate of drug-likeness (QED) is 0.735. The van der Waals surface area contributed by atoms with Gasteiger partial charge in [0, 0.05) is 23.7 Å². The maximum Gasteiger partial charge on any atom is 0.314 e. The molecule has 0 unspecified atom stereocenters. The monoisotopic (exact) mass is 455 g/mol. The van der Waals surface area contributed by atoms with Crippen LogP contribution in [0, 0.1) is 16.7 Å². The molecule has 8 nitrogen and oxygen atoms in total. The molecule has 0 radical (unpaired) electrons. The van der Waals surface area contributed by atoms with Crippen LogP contribution in [0.25, 0.3) is 11.5 Å². The molecule has 33 heavy (non-hydrogen) atoms. The van der Waals surface area contributed by atoms with Gasteiger partial charge < -0.3 is 14.6 Å². The van der Waals surface area contributed by atoms with Gasteiger partial charge in [0.05, 0.1) is 12.1 Å². The number of carbonyl (C=O) groups excluding carboxylic acids is 2. The van der Waals surface area contributed by atoms with Crippen molar-refractivity contribution < 1.29 is 22.8 Å². The average molecular weight is 455 g/mol. The highest BCUT2D eigenvalue weighted by Crippen LogP contribution is 2.41. The second-order valence-corrected chi connectivity index (χ2v) is 9.03. The lowest BCUT2D eigenvalue weighted by molar-refractivity contribution is -0.133. The molecule has 2 amide bonds. The molecule has 2 saturated carbocycles. The standard InChI is InChI=1S/C23H23F2N5O3/c24-18(25)20-29-28-19(33-20)13-6-7-14-11-30(21(31)15(14)10-13)17-5-2-1-4-16(17)27-22(32)23(12-26)8-3-9-23/h6-7,10,16-18H,1-5,8-9,11H2,(H,27,32)/t16-,17-/m1/s1. The summed E-state index contributed by atoms with van der Waals surface area (Å²) in [5.74, 6) is -1.23. The van der Waals surface area contributed by atoms with Crippen molar-refractivity contribution >= 4 is 11.8 Å². The van der Waals surface area contributed by atoms with Gasteiger partial charge in [-0.3, -0.25) is 9.59 Å². The van der Waals surface area contributed by atoms with Crippen LogP contribution in [0.3, 0.4) is 0 Å². The molecular formula is C23H23F2N5O3. The Hall–Kier alpha value is -3.35. The molecule has 172 valence electrons. The molecule has 0 spiro atoms. The zero-order valence-corrected chi connectivity index (χ0v) is 17.9. The predicted molar refractivity (Wildman–Crippen MR) is 111 cm³/mol. The SMILES string of the molecule is N#CC1(C(=O)N[C@@H]2CCCC[C@H]2N2Cc3ccc(-c4nnc(C(F)F)o4)cc3C2=O)CCC1. The van der Waals surface area contributed by atoms with E-state index < -0.39 is 17.7 Å². The van der Waals surface area contributed by atoms with Gasteiger partial charge in [-0.25, -0.2) is 0 Å². The normalized spacial score (nSPS) is 23.7. The van der Waals surface area contributed by atoms with Crippen molar-refractivity contribution in [3.63, 3.8) is 0 Å². The molecular weight excluding hydrogens is 432 g/mol. The van der Waals surface area contributed by atoms with Crippen molar-refractivity contribution in [1.82, 2.24) is 20.4 Å². The van der Waals surface area contributed by atoms with E-state index in [1.54, 1.807) is 23.1 Å². The molecule has 5 rings (SSSR count). The van der Waals surface area contributed by atoms with E-state index in [1.165, 1.54) is 0 Å². The third kappa shape index (κ3) is 3.65. The Balaban J connectivity index is 1.35. The van der Waals surface area contributed by atoms with Gasteiger partial charge in [0.25, 0.3) is 11.8 Å². The first kappa shape index (κ1) is 21.5. The molecule has 2 aromatic rings. The van der Waals surface area contributed by atoms with Gasteiger partial charge in [-0.15, -0.1) is 10.2 Å². The summed E-state index contributed by atoms with van der Waals surface area (Å²) in [4.78, 5) is 27.9. The number of amides is 2. The summed E-state index contributed by atoms with van der Waals surface area (Å²) in [6, 6.07) is 6.84. The summed E-state index contributed by atoms with van der Waals surface area (Å²) in [6.07, 6.45) is 2.57. The minimum Gasteiger partial charge on any atom is -0.415 e. The molecule has 2 aliphatic carbocycles. The number of benzene rings is 1. The van der Waals surface area contributed by atoms with Crippen LogP contribution in [0.1, 0.15) is 73.2 Å². The first-order chi connectivity index (χ1) is 15.9. The molecule has 2 fully saturated rings. The summed E-state index contributed by atoms with van der Waals surface area (Å²) in [5, 5.41) is 19.6. The summed E-state index contributed by atoms with van der Waals surface area (Å²) in [6.45, 7) is 0.404. The maximum absolute atomic E-state index is 13.3. The fraction of sp³-hybridized carbons (Fsp3) is 0.522. The second kappa shape index (κ2) is 8.21.